The normalized spacial score (nSPS) is 10.3. The van der Waals surface area contributed by atoms with Gasteiger partial charge in [0.25, 0.3) is 0 Å². The highest BCUT2D eigenvalue weighted by Crippen LogP contribution is 2.17. The molecule has 0 saturated carbocycles. The van der Waals surface area contributed by atoms with Crippen molar-refractivity contribution in [3.63, 3.8) is 0 Å². The van der Waals surface area contributed by atoms with Crippen LogP contribution in [-0.4, -0.2) is 27.3 Å². The lowest BCUT2D eigenvalue weighted by Gasteiger charge is -1.98. The standard InChI is InChI=1S/C9H6N2O3/c12-3-6-5(9(13)14)1-2-7-8(6)11-4-10-7/h1-4H,(H,10,11)(H,13,14). The molecule has 2 N–H and O–H groups in total. The maximum atomic E-state index is 10.7. The Morgan fingerprint density at radius 2 is 2.29 bits per heavy atom. The molecule has 0 aliphatic heterocycles. The van der Waals surface area contributed by atoms with Gasteiger partial charge in [-0.3, -0.25) is 4.79 Å². The number of nitrogens with zero attached hydrogens (tertiary/aromatic N) is 1. The Hall–Kier alpha value is -2.17. The van der Waals surface area contributed by atoms with Crippen molar-refractivity contribution in [1.82, 2.24) is 9.97 Å². The molecule has 2 rings (SSSR count). The SMILES string of the molecule is O=Cc1c(C(=O)O)ccc2[nH]cnc12. The second-order valence-electron chi connectivity index (χ2n) is 2.75. The average molecular weight is 190 g/mol. The molecule has 1 heterocycles. The molecule has 0 aliphatic rings. The number of nitrogens with one attached hydrogen (secondary N) is 1. The van der Waals surface area contributed by atoms with E-state index in [9.17, 15) is 9.59 Å². The zero-order chi connectivity index (χ0) is 10.1. The van der Waals surface area contributed by atoms with Crippen molar-refractivity contribution >= 4 is 23.3 Å². The highest BCUT2D eigenvalue weighted by Gasteiger charge is 2.13. The molecule has 0 radical (unpaired) electrons. The number of aromatic nitrogens is 2. The second-order valence-corrected chi connectivity index (χ2v) is 2.75. The van der Waals surface area contributed by atoms with Gasteiger partial charge in [-0.05, 0) is 12.1 Å². The van der Waals surface area contributed by atoms with E-state index in [1.165, 1.54) is 12.4 Å². The number of carbonyl (C=O) groups is 2. The van der Waals surface area contributed by atoms with Crippen LogP contribution in [0.4, 0.5) is 0 Å². The fourth-order valence-corrected chi connectivity index (χ4v) is 1.34. The highest BCUT2D eigenvalue weighted by molar-refractivity contribution is 6.05. The summed E-state index contributed by atoms with van der Waals surface area (Å²) in [6.45, 7) is 0. The van der Waals surface area contributed by atoms with Gasteiger partial charge in [-0.1, -0.05) is 0 Å². The molecular weight excluding hydrogens is 184 g/mol. The molecule has 5 nitrogen and oxygen atoms in total. The second kappa shape index (κ2) is 2.95. The van der Waals surface area contributed by atoms with Crippen LogP contribution in [-0.2, 0) is 0 Å². The van der Waals surface area contributed by atoms with E-state index in [0.717, 1.165) is 0 Å². The van der Waals surface area contributed by atoms with Crippen molar-refractivity contribution in [3.05, 3.63) is 29.6 Å². The molecule has 0 fully saturated rings. The van der Waals surface area contributed by atoms with Crippen LogP contribution in [0.5, 0.6) is 0 Å². The van der Waals surface area contributed by atoms with Crippen LogP contribution < -0.4 is 0 Å². The zero-order valence-corrected chi connectivity index (χ0v) is 7.02. The molecule has 0 aliphatic carbocycles. The van der Waals surface area contributed by atoms with Gasteiger partial charge in [-0.2, -0.15) is 0 Å². The number of hydrogen-bond donors (Lipinski definition) is 2. The summed E-state index contributed by atoms with van der Waals surface area (Å²) in [4.78, 5) is 28.2. The van der Waals surface area contributed by atoms with Crippen molar-refractivity contribution in [1.29, 1.82) is 0 Å². The summed E-state index contributed by atoms with van der Waals surface area (Å²) in [6, 6.07) is 2.96. The number of carbonyl (C=O) groups excluding carboxylic acids is 1. The van der Waals surface area contributed by atoms with Gasteiger partial charge in [-0.15, -0.1) is 0 Å². The Kier molecular flexibility index (Phi) is 1.78. The summed E-state index contributed by atoms with van der Waals surface area (Å²) >= 11 is 0. The monoisotopic (exact) mass is 190 g/mol. The molecular formula is C9H6N2O3. The summed E-state index contributed by atoms with van der Waals surface area (Å²) in [5.74, 6) is -1.13. The van der Waals surface area contributed by atoms with Crippen LogP contribution >= 0.6 is 0 Å². The Morgan fingerprint density at radius 3 is 2.93 bits per heavy atom. The molecule has 70 valence electrons. The van der Waals surface area contributed by atoms with Crippen molar-refractivity contribution < 1.29 is 14.7 Å². The quantitative estimate of drug-likeness (QED) is 0.694. The van der Waals surface area contributed by atoms with Crippen LogP contribution in [0.15, 0.2) is 18.5 Å². The minimum atomic E-state index is -1.13. The lowest BCUT2D eigenvalue weighted by atomic mass is 10.1. The largest absolute Gasteiger partial charge is 0.478 e. The van der Waals surface area contributed by atoms with Crippen molar-refractivity contribution in [2.75, 3.05) is 0 Å². The van der Waals surface area contributed by atoms with Crippen molar-refractivity contribution in [2.45, 2.75) is 0 Å². The molecule has 1 aromatic heterocycles. The first kappa shape index (κ1) is 8.43. The van der Waals surface area contributed by atoms with E-state index in [-0.39, 0.29) is 11.1 Å². The number of carboxylic acids is 1. The summed E-state index contributed by atoms with van der Waals surface area (Å²) in [5, 5.41) is 8.80. The van der Waals surface area contributed by atoms with Gasteiger partial charge in [0.05, 0.1) is 28.5 Å². The number of rotatable bonds is 2. The molecule has 0 unspecified atom stereocenters. The molecule has 0 spiro atoms. The third-order valence-electron chi connectivity index (χ3n) is 1.98. The van der Waals surface area contributed by atoms with Crippen molar-refractivity contribution in [2.24, 2.45) is 0 Å². The highest BCUT2D eigenvalue weighted by atomic mass is 16.4. The lowest BCUT2D eigenvalue weighted by molar-refractivity contribution is 0.0694. The average Bonchev–Trinajstić information content (AvgIpc) is 2.63. The zero-order valence-electron chi connectivity index (χ0n) is 7.02. The number of aldehydes is 1. The van der Waals surface area contributed by atoms with E-state index < -0.39 is 5.97 Å². The fraction of sp³-hybridized carbons (Fsp3) is 0. The molecule has 0 saturated heterocycles. The first-order valence-corrected chi connectivity index (χ1v) is 3.88. The van der Waals surface area contributed by atoms with Crippen LogP contribution in [0.1, 0.15) is 20.7 Å². The van der Waals surface area contributed by atoms with Crippen LogP contribution in [0.25, 0.3) is 11.0 Å². The number of aromatic carboxylic acids is 1. The van der Waals surface area contributed by atoms with E-state index in [0.29, 0.717) is 17.3 Å². The minimum Gasteiger partial charge on any atom is -0.478 e. The van der Waals surface area contributed by atoms with E-state index in [2.05, 4.69) is 9.97 Å². The van der Waals surface area contributed by atoms with Crippen LogP contribution in [0.2, 0.25) is 0 Å². The molecule has 2 aromatic rings. The number of aromatic amines is 1. The molecule has 0 atom stereocenters. The summed E-state index contributed by atoms with van der Waals surface area (Å²) in [5.41, 5.74) is 1.12. The van der Waals surface area contributed by atoms with Gasteiger partial charge in [0.2, 0.25) is 0 Å². The lowest BCUT2D eigenvalue weighted by Crippen LogP contribution is -2.02. The smallest absolute Gasteiger partial charge is 0.336 e. The maximum Gasteiger partial charge on any atom is 0.336 e. The number of benzene rings is 1. The van der Waals surface area contributed by atoms with Gasteiger partial charge >= 0.3 is 5.97 Å². The number of imidazole rings is 1. The Morgan fingerprint density at radius 1 is 1.50 bits per heavy atom. The Labute approximate surface area is 78.4 Å². The van der Waals surface area contributed by atoms with Crippen LogP contribution in [0, 0.1) is 0 Å². The summed E-state index contributed by atoms with van der Waals surface area (Å²) in [7, 11) is 0. The van der Waals surface area contributed by atoms with Crippen LogP contribution in [0.3, 0.4) is 0 Å². The fourth-order valence-electron chi connectivity index (χ4n) is 1.34. The van der Waals surface area contributed by atoms with Gasteiger partial charge in [0.1, 0.15) is 0 Å². The maximum absolute atomic E-state index is 10.7. The van der Waals surface area contributed by atoms with Gasteiger partial charge in [0.15, 0.2) is 6.29 Å². The predicted molar refractivity (Wildman–Crippen MR) is 48.4 cm³/mol. The molecule has 1 aromatic carbocycles. The first-order valence-electron chi connectivity index (χ1n) is 3.88. The predicted octanol–water partition coefficient (Wildman–Crippen LogP) is 1.07. The third kappa shape index (κ3) is 1.06. The summed E-state index contributed by atoms with van der Waals surface area (Å²) < 4.78 is 0. The molecule has 5 heteroatoms. The van der Waals surface area contributed by atoms with Gasteiger partial charge < -0.3 is 10.1 Å². The van der Waals surface area contributed by atoms with E-state index in [4.69, 9.17) is 5.11 Å². The molecule has 14 heavy (non-hydrogen) atoms. The van der Waals surface area contributed by atoms with E-state index in [1.807, 2.05) is 0 Å². The topological polar surface area (TPSA) is 83.0 Å². The van der Waals surface area contributed by atoms with Crippen molar-refractivity contribution in [3.8, 4) is 0 Å². The number of carboxylic acid groups (broad SMARTS) is 1. The van der Waals surface area contributed by atoms with E-state index >= 15 is 0 Å². The summed E-state index contributed by atoms with van der Waals surface area (Å²) in [6.07, 6.45) is 1.93. The number of fused-ring (bicyclic) bond motifs is 1. The Balaban J connectivity index is 2.85. The van der Waals surface area contributed by atoms with Gasteiger partial charge in [0, 0.05) is 0 Å². The molecule has 0 amide bonds. The minimum absolute atomic E-state index is 0.0281. The van der Waals surface area contributed by atoms with Gasteiger partial charge in [-0.25, -0.2) is 9.78 Å². The number of hydrogen-bond acceptors (Lipinski definition) is 3. The van der Waals surface area contributed by atoms with E-state index in [1.54, 1.807) is 6.07 Å². The Bertz CT molecular complexity index is 516. The number of H-pyrrole nitrogens is 1. The molecule has 0 bridgehead atoms. The first-order chi connectivity index (χ1) is 6.74. The third-order valence-corrected chi connectivity index (χ3v) is 1.98.